The SMILES string of the molecule is CCc1nn(C)cc1I. The third-order valence-electron chi connectivity index (χ3n) is 1.19. The molecule has 0 fully saturated rings. The fourth-order valence-electron chi connectivity index (χ4n) is 0.745. The molecule has 50 valence electrons. The summed E-state index contributed by atoms with van der Waals surface area (Å²) in [5.74, 6) is 0. The minimum atomic E-state index is 1.03. The molecule has 0 spiro atoms. The van der Waals surface area contributed by atoms with Crippen LogP contribution in [0.3, 0.4) is 0 Å². The Balaban J connectivity index is 3.01. The van der Waals surface area contributed by atoms with Gasteiger partial charge in [0.05, 0.1) is 9.26 Å². The molecular formula is C6H9IN2. The van der Waals surface area contributed by atoms with Crippen molar-refractivity contribution in [2.24, 2.45) is 7.05 Å². The maximum absolute atomic E-state index is 4.24. The van der Waals surface area contributed by atoms with Gasteiger partial charge in [0.2, 0.25) is 0 Å². The van der Waals surface area contributed by atoms with Gasteiger partial charge in [-0.1, -0.05) is 6.92 Å². The molecule has 0 unspecified atom stereocenters. The van der Waals surface area contributed by atoms with E-state index in [4.69, 9.17) is 0 Å². The van der Waals surface area contributed by atoms with Crippen molar-refractivity contribution >= 4 is 22.6 Å². The van der Waals surface area contributed by atoms with Crippen LogP contribution in [0.5, 0.6) is 0 Å². The zero-order valence-electron chi connectivity index (χ0n) is 5.56. The Morgan fingerprint density at radius 3 is 2.67 bits per heavy atom. The van der Waals surface area contributed by atoms with E-state index in [0.29, 0.717) is 0 Å². The fraction of sp³-hybridized carbons (Fsp3) is 0.500. The molecule has 0 N–H and O–H groups in total. The van der Waals surface area contributed by atoms with Crippen LogP contribution in [0.25, 0.3) is 0 Å². The Morgan fingerprint density at radius 2 is 2.44 bits per heavy atom. The van der Waals surface area contributed by atoms with E-state index in [-0.39, 0.29) is 0 Å². The monoisotopic (exact) mass is 236 g/mol. The van der Waals surface area contributed by atoms with Crippen molar-refractivity contribution in [1.29, 1.82) is 0 Å². The van der Waals surface area contributed by atoms with Crippen molar-refractivity contribution in [2.45, 2.75) is 13.3 Å². The van der Waals surface area contributed by atoms with E-state index in [2.05, 4.69) is 34.6 Å². The molecule has 3 heteroatoms. The van der Waals surface area contributed by atoms with Gasteiger partial charge < -0.3 is 0 Å². The van der Waals surface area contributed by atoms with Crippen molar-refractivity contribution in [3.05, 3.63) is 15.5 Å². The highest BCUT2D eigenvalue weighted by molar-refractivity contribution is 14.1. The van der Waals surface area contributed by atoms with Gasteiger partial charge in [0.15, 0.2) is 0 Å². The largest absolute Gasteiger partial charge is 0.274 e. The molecule has 1 rings (SSSR count). The Kier molecular flexibility index (Phi) is 2.10. The number of halogens is 1. The van der Waals surface area contributed by atoms with Crippen LogP contribution in [0.15, 0.2) is 6.20 Å². The summed E-state index contributed by atoms with van der Waals surface area (Å²) in [5.41, 5.74) is 1.19. The first-order valence-corrected chi connectivity index (χ1v) is 4.00. The summed E-state index contributed by atoms with van der Waals surface area (Å²) in [6.45, 7) is 2.12. The van der Waals surface area contributed by atoms with Crippen LogP contribution < -0.4 is 0 Å². The highest BCUT2D eigenvalue weighted by Crippen LogP contribution is 2.08. The second-order valence-corrected chi connectivity index (χ2v) is 3.11. The van der Waals surface area contributed by atoms with Crippen molar-refractivity contribution < 1.29 is 0 Å². The van der Waals surface area contributed by atoms with Gasteiger partial charge in [-0.15, -0.1) is 0 Å². The lowest BCUT2D eigenvalue weighted by Crippen LogP contribution is -1.88. The zero-order valence-corrected chi connectivity index (χ0v) is 7.71. The highest BCUT2D eigenvalue weighted by Gasteiger charge is 1.99. The molecule has 0 aliphatic heterocycles. The predicted octanol–water partition coefficient (Wildman–Crippen LogP) is 1.59. The molecule has 0 saturated carbocycles. The van der Waals surface area contributed by atoms with Gasteiger partial charge in [-0.05, 0) is 29.0 Å². The lowest BCUT2D eigenvalue weighted by molar-refractivity contribution is 0.746. The molecule has 0 aromatic carbocycles. The first-order chi connectivity index (χ1) is 4.24. The molecule has 1 heterocycles. The van der Waals surface area contributed by atoms with Crippen LogP contribution in [-0.2, 0) is 13.5 Å². The number of aryl methyl sites for hydroxylation is 2. The minimum absolute atomic E-state index is 1.03. The molecule has 1 aromatic heterocycles. The van der Waals surface area contributed by atoms with E-state index in [9.17, 15) is 0 Å². The Morgan fingerprint density at radius 1 is 1.78 bits per heavy atom. The molecule has 0 saturated heterocycles. The third kappa shape index (κ3) is 1.44. The van der Waals surface area contributed by atoms with E-state index in [1.165, 1.54) is 9.26 Å². The maximum Gasteiger partial charge on any atom is 0.0755 e. The molecule has 0 bridgehead atoms. The summed E-state index contributed by atoms with van der Waals surface area (Å²) < 4.78 is 3.11. The Bertz CT molecular complexity index is 205. The van der Waals surface area contributed by atoms with Gasteiger partial charge >= 0.3 is 0 Å². The summed E-state index contributed by atoms with van der Waals surface area (Å²) in [6, 6.07) is 0. The van der Waals surface area contributed by atoms with Gasteiger partial charge in [0.25, 0.3) is 0 Å². The lowest BCUT2D eigenvalue weighted by Gasteiger charge is -1.85. The van der Waals surface area contributed by atoms with E-state index < -0.39 is 0 Å². The first-order valence-electron chi connectivity index (χ1n) is 2.92. The zero-order chi connectivity index (χ0) is 6.85. The van der Waals surface area contributed by atoms with Crippen LogP contribution in [0.2, 0.25) is 0 Å². The molecule has 2 nitrogen and oxygen atoms in total. The van der Waals surface area contributed by atoms with Gasteiger partial charge in [-0.25, -0.2) is 0 Å². The van der Waals surface area contributed by atoms with E-state index in [0.717, 1.165) is 6.42 Å². The van der Waals surface area contributed by atoms with Crippen LogP contribution >= 0.6 is 22.6 Å². The number of aromatic nitrogens is 2. The van der Waals surface area contributed by atoms with E-state index >= 15 is 0 Å². The van der Waals surface area contributed by atoms with Crippen LogP contribution in [0.1, 0.15) is 12.6 Å². The lowest BCUT2D eigenvalue weighted by atomic mass is 10.4. The summed E-state index contributed by atoms with van der Waals surface area (Å²) >= 11 is 2.30. The first kappa shape index (κ1) is 7.05. The van der Waals surface area contributed by atoms with Crippen LogP contribution in [0, 0.1) is 3.57 Å². The molecule has 0 amide bonds. The second kappa shape index (κ2) is 2.68. The number of rotatable bonds is 1. The standard InChI is InChI=1S/C6H9IN2/c1-3-6-5(7)4-9(2)8-6/h4H,3H2,1-2H3. The van der Waals surface area contributed by atoms with E-state index in [1.54, 1.807) is 0 Å². The second-order valence-electron chi connectivity index (χ2n) is 1.95. The van der Waals surface area contributed by atoms with Crippen molar-refractivity contribution in [3.63, 3.8) is 0 Å². The normalized spacial score (nSPS) is 10.1. The average molecular weight is 236 g/mol. The Hall–Kier alpha value is -0.0600. The van der Waals surface area contributed by atoms with Gasteiger partial charge in [0.1, 0.15) is 0 Å². The van der Waals surface area contributed by atoms with Crippen LogP contribution in [0.4, 0.5) is 0 Å². The maximum atomic E-state index is 4.24. The van der Waals surface area contributed by atoms with E-state index in [1.807, 2.05) is 17.9 Å². The van der Waals surface area contributed by atoms with Gasteiger partial charge in [0, 0.05) is 13.2 Å². The predicted molar refractivity (Wildman–Crippen MR) is 45.3 cm³/mol. The topological polar surface area (TPSA) is 17.8 Å². The molecule has 0 aliphatic rings. The molecule has 0 atom stereocenters. The fourth-order valence-corrected chi connectivity index (χ4v) is 1.64. The Labute approximate surface area is 68.4 Å². The summed E-state index contributed by atoms with van der Waals surface area (Å²) in [4.78, 5) is 0. The summed E-state index contributed by atoms with van der Waals surface area (Å²) in [7, 11) is 1.95. The quantitative estimate of drug-likeness (QED) is 0.677. The molecular weight excluding hydrogens is 227 g/mol. The number of hydrogen-bond acceptors (Lipinski definition) is 1. The van der Waals surface area contributed by atoms with Crippen molar-refractivity contribution in [2.75, 3.05) is 0 Å². The summed E-state index contributed by atoms with van der Waals surface area (Å²) in [5, 5.41) is 4.24. The minimum Gasteiger partial charge on any atom is -0.274 e. The smallest absolute Gasteiger partial charge is 0.0755 e. The van der Waals surface area contributed by atoms with Crippen LogP contribution in [-0.4, -0.2) is 9.78 Å². The number of hydrogen-bond donors (Lipinski definition) is 0. The third-order valence-corrected chi connectivity index (χ3v) is 2.09. The van der Waals surface area contributed by atoms with Gasteiger partial charge in [-0.3, -0.25) is 4.68 Å². The average Bonchev–Trinajstić information content (AvgIpc) is 2.10. The molecule has 0 aliphatic carbocycles. The molecule has 9 heavy (non-hydrogen) atoms. The van der Waals surface area contributed by atoms with Crippen molar-refractivity contribution in [3.8, 4) is 0 Å². The van der Waals surface area contributed by atoms with Gasteiger partial charge in [-0.2, -0.15) is 5.10 Å². The molecule has 1 aromatic rings. The number of nitrogens with zero attached hydrogens (tertiary/aromatic N) is 2. The van der Waals surface area contributed by atoms with Crippen molar-refractivity contribution in [1.82, 2.24) is 9.78 Å². The highest BCUT2D eigenvalue weighted by atomic mass is 127. The summed E-state index contributed by atoms with van der Waals surface area (Å²) in [6.07, 6.45) is 3.05. The molecule has 0 radical (unpaired) electrons.